The maximum absolute atomic E-state index is 13.1. The van der Waals surface area contributed by atoms with Crippen LogP contribution in [0.4, 0.5) is 5.82 Å². The first-order chi connectivity index (χ1) is 17.5. The number of hydrogen-bond acceptors (Lipinski definition) is 8. The molecule has 184 valence electrons. The Morgan fingerprint density at radius 2 is 1.58 bits per heavy atom. The average Bonchev–Trinajstić information content (AvgIpc) is 2.92. The SMILES string of the molecule is CCN(CC)C(=O)c1ccc(N2CCN(C(=O)c3cncc(C#Cc4cncc(O)c4)c3)CC2)nn1. The van der Waals surface area contributed by atoms with Crippen LogP contribution >= 0.6 is 0 Å². The Balaban J connectivity index is 1.37. The fourth-order valence-corrected chi connectivity index (χ4v) is 3.87. The number of nitrogens with zero attached hydrogens (tertiary/aromatic N) is 7. The third-order valence-electron chi connectivity index (χ3n) is 5.87. The van der Waals surface area contributed by atoms with Gasteiger partial charge in [0.2, 0.25) is 0 Å². The van der Waals surface area contributed by atoms with E-state index >= 15 is 0 Å². The van der Waals surface area contributed by atoms with Crippen molar-refractivity contribution in [3.63, 3.8) is 0 Å². The van der Waals surface area contributed by atoms with Crippen LogP contribution in [0.15, 0.2) is 49.1 Å². The van der Waals surface area contributed by atoms with Crippen molar-refractivity contribution < 1.29 is 14.7 Å². The van der Waals surface area contributed by atoms with Crippen molar-refractivity contribution in [2.45, 2.75) is 13.8 Å². The summed E-state index contributed by atoms with van der Waals surface area (Å²) in [7, 11) is 0. The minimum atomic E-state index is -0.131. The van der Waals surface area contributed by atoms with E-state index < -0.39 is 0 Å². The molecule has 10 heteroatoms. The summed E-state index contributed by atoms with van der Waals surface area (Å²) in [5.74, 6) is 6.34. The van der Waals surface area contributed by atoms with Gasteiger partial charge < -0.3 is 19.8 Å². The minimum Gasteiger partial charge on any atom is -0.506 e. The molecule has 1 aliphatic heterocycles. The summed E-state index contributed by atoms with van der Waals surface area (Å²) in [5, 5.41) is 17.9. The zero-order valence-corrected chi connectivity index (χ0v) is 20.3. The van der Waals surface area contributed by atoms with E-state index in [2.05, 4.69) is 32.0 Å². The van der Waals surface area contributed by atoms with Crippen molar-refractivity contribution in [1.82, 2.24) is 30.0 Å². The van der Waals surface area contributed by atoms with Gasteiger partial charge in [0.05, 0.1) is 11.8 Å². The van der Waals surface area contributed by atoms with Crippen LogP contribution in [-0.4, -0.2) is 86.2 Å². The van der Waals surface area contributed by atoms with Crippen molar-refractivity contribution in [3.8, 4) is 17.6 Å². The molecule has 0 aromatic carbocycles. The highest BCUT2D eigenvalue weighted by molar-refractivity contribution is 5.94. The number of anilines is 1. The fourth-order valence-electron chi connectivity index (χ4n) is 3.87. The predicted molar refractivity (Wildman–Crippen MR) is 134 cm³/mol. The van der Waals surface area contributed by atoms with Crippen LogP contribution in [0.5, 0.6) is 5.75 Å². The van der Waals surface area contributed by atoms with E-state index in [-0.39, 0.29) is 17.6 Å². The zero-order valence-electron chi connectivity index (χ0n) is 20.3. The van der Waals surface area contributed by atoms with Crippen LogP contribution in [0.2, 0.25) is 0 Å². The number of piperazine rings is 1. The molecule has 4 rings (SSSR count). The van der Waals surface area contributed by atoms with Crippen LogP contribution in [-0.2, 0) is 0 Å². The number of aromatic nitrogens is 4. The van der Waals surface area contributed by atoms with Crippen molar-refractivity contribution in [2.75, 3.05) is 44.2 Å². The normalized spacial score (nSPS) is 13.1. The number of rotatable bonds is 5. The molecule has 1 aliphatic rings. The molecule has 1 saturated heterocycles. The summed E-state index contributed by atoms with van der Waals surface area (Å²) in [5.41, 5.74) is 1.95. The molecule has 0 saturated carbocycles. The molecule has 0 unspecified atom stereocenters. The minimum absolute atomic E-state index is 0.0399. The number of amides is 2. The molecule has 0 bridgehead atoms. The van der Waals surface area contributed by atoms with E-state index in [1.54, 1.807) is 40.4 Å². The molecule has 1 N–H and O–H groups in total. The van der Waals surface area contributed by atoms with Gasteiger partial charge in [-0.1, -0.05) is 11.8 Å². The van der Waals surface area contributed by atoms with Gasteiger partial charge >= 0.3 is 0 Å². The number of aromatic hydroxyl groups is 1. The van der Waals surface area contributed by atoms with Crippen molar-refractivity contribution in [2.24, 2.45) is 0 Å². The van der Waals surface area contributed by atoms with Gasteiger partial charge in [-0.3, -0.25) is 19.6 Å². The van der Waals surface area contributed by atoms with E-state index in [4.69, 9.17) is 0 Å². The van der Waals surface area contributed by atoms with E-state index in [0.717, 1.165) is 0 Å². The summed E-state index contributed by atoms with van der Waals surface area (Å²) in [6.07, 6.45) is 6.01. The third-order valence-corrected chi connectivity index (χ3v) is 5.87. The Bertz CT molecular complexity index is 1290. The first-order valence-corrected chi connectivity index (χ1v) is 11.8. The van der Waals surface area contributed by atoms with Crippen molar-refractivity contribution >= 4 is 17.6 Å². The second kappa shape index (κ2) is 11.3. The molecule has 3 aromatic heterocycles. The molecule has 1 fully saturated rings. The van der Waals surface area contributed by atoms with Gasteiger partial charge in [0.15, 0.2) is 11.5 Å². The van der Waals surface area contributed by atoms with Gasteiger partial charge in [-0.15, -0.1) is 10.2 Å². The smallest absolute Gasteiger partial charge is 0.274 e. The molecular formula is C26H27N7O3. The highest BCUT2D eigenvalue weighted by Gasteiger charge is 2.24. The van der Waals surface area contributed by atoms with E-state index in [0.29, 0.717) is 67.5 Å². The third kappa shape index (κ3) is 5.75. The second-order valence-electron chi connectivity index (χ2n) is 8.18. The molecule has 0 aliphatic carbocycles. The van der Waals surface area contributed by atoms with Crippen LogP contribution in [0, 0.1) is 11.8 Å². The molecule has 3 aromatic rings. The fraction of sp³-hybridized carbons (Fsp3) is 0.308. The summed E-state index contributed by atoms with van der Waals surface area (Å²) >= 11 is 0. The van der Waals surface area contributed by atoms with Gasteiger partial charge in [0, 0.05) is 69.0 Å². The van der Waals surface area contributed by atoms with Crippen molar-refractivity contribution in [3.05, 3.63) is 71.4 Å². The molecule has 0 spiro atoms. The lowest BCUT2D eigenvalue weighted by Crippen LogP contribution is -2.49. The first-order valence-electron chi connectivity index (χ1n) is 11.8. The van der Waals surface area contributed by atoms with E-state index in [1.165, 1.54) is 18.5 Å². The van der Waals surface area contributed by atoms with Crippen LogP contribution in [0.1, 0.15) is 45.8 Å². The summed E-state index contributed by atoms with van der Waals surface area (Å²) in [6, 6.07) is 6.73. The highest BCUT2D eigenvalue weighted by Crippen LogP contribution is 2.16. The molecule has 2 amide bonds. The predicted octanol–water partition coefficient (Wildman–Crippen LogP) is 1.82. The zero-order chi connectivity index (χ0) is 25.5. The van der Waals surface area contributed by atoms with Gasteiger partial charge in [-0.05, 0) is 38.1 Å². The Kier molecular flexibility index (Phi) is 7.70. The average molecular weight is 486 g/mol. The maximum Gasteiger partial charge on any atom is 0.274 e. The topological polar surface area (TPSA) is 116 Å². The summed E-state index contributed by atoms with van der Waals surface area (Å²) < 4.78 is 0. The van der Waals surface area contributed by atoms with E-state index in [1.807, 2.05) is 18.7 Å². The quantitative estimate of drug-likeness (QED) is 0.544. The molecular weight excluding hydrogens is 458 g/mol. The van der Waals surface area contributed by atoms with Gasteiger partial charge in [0.25, 0.3) is 11.8 Å². The number of carbonyl (C=O) groups excluding carboxylic acids is 2. The number of carbonyl (C=O) groups is 2. The monoisotopic (exact) mass is 485 g/mol. The van der Waals surface area contributed by atoms with Crippen LogP contribution in [0.3, 0.4) is 0 Å². The van der Waals surface area contributed by atoms with Crippen molar-refractivity contribution in [1.29, 1.82) is 0 Å². The maximum atomic E-state index is 13.1. The molecule has 4 heterocycles. The van der Waals surface area contributed by atoms with Crippen LogP contribution < -0.4 is 4.90 Å². The Labute approximate surface area is 209 Å². The molecule has 10 nitrogen and oxygen atoms in total. The molecule has 0 atom stereocenters. The standard InChI is InChI=1S/C26H27N7O3/c1-3-31(4-2)26(36)23-7-8-24(30-29-23)32-9-11-33(12-10-32)25(35)21-13-19(15-27-17-21)5-6-20-14-22(34)18-28-16-20/h7-8,13-18,34H,3-4,9-12H2,1-2H3. The summed E-state index contributed by atoms with van der Waals surface area (Å²) in [4.78, 5) is 39.1. The number of pyridine rings is 2. The molecule has 36 heavy (non-hydrogen) atoms. The Morgan fingerprint density at radius 3 is 2.19 bits per heavy atom. The lowest BCUT2D eigenvalue weighted by Gasteiger charge is -2.35. The van der Waals surface area contributed by atoms with Gasteiger partial charge in [-0.2, -0.15) is 0 Å². The van der Waals surface area contributed by atoms with E-state index in [9.17, 15) is 14.7 Å². The highest BCUT2D eigenvalue weighted by atomic mass is 16.3. The lowest BCUT2D eigenvalue weighted by atomic mass is 10.1. The first kappa shape index (κ1) is 24.6. The Hall–Kier alpha value is -4.52. The van der Waals surface area contributed by atoms with Gasteiger partial charge in [0.1, 0.15) is 5.75 Å². The lowest BCUT2D eigenvalue weighted by molar-refractivity contribution is 0.0742. The van der Waals surface area contributed by atoms with Crippen LogP contribution in [0.25, 0.3) is 0 Å². The van der Waals surface area contributed by atoms with Gasteiger partial charge in [-0.25, -0.2) is 0 Å². The molecule has 0 radical (unpaired) electrons. The second-order valence-corrected chi connectivity index (χ2v) is 8.18. The largest absolute Gasteiger partial charge is 0.506 e. The number of hydrogen-bond donors (Lipinski definition) is 1. The Morgan fingerprint density at radius 1 is 0.917 bits per heavy atom. The summed E-state index contributed by atoms with van der Waals surface area (Å²) in [6.45, 7) is 7.33.